The Balaban J connectivity index is 1.54. The number of ether oxygens (including phenoxy) is 1. The van der Waals surface area contributed by atoms with Crippen LogP contribution in [0.3, 0.4) is 0 Å². The normalized spacial score (nSPS) is 19.8. The molecule has 5 rings (SSSR count). The summed E-state index contributed by atoms with van der Waals surface area (Å²) >= 11 is 0. The van der Waals surface area contributed by atoms with Crippen molar-refractivity contribution in [2.45, 2.75) is 30.3 Å². The number of benzene rings is 4. The smallest absolute Gasteiger partial charge is 0.243 e. The van der Waals surface area contributed by atoms with Gasteiger partial charge in [0.2, 0.25) is 10.0 Å². The molecule has 0 aromatic heterocycles. The fraction of sp³-hybridized carbons (Fsp3) is 0.267. The van der Waals surface area contributed by atoms with Crippen LogP contribution in [0.2, 0.25) is 0 Å². The molecule has 0 radical (unpaired) electrons. The van der Waals surface area contributed by atoms with Crippen LogP contribution >= 0.6 is 0 Å². The molecule has 0 bridgehead atoms. The highest BCUT2D eigenvalue weighted by Crippen LogP contribution is 2.43. The minimum atomic E-state index is -3.68. The highest BCUT2D eigenvalue weighted by Gasteiger charge is 2.40. The Morgan fingerprint density at radius 2 is 1.61 bits per heavy atom. The number of aliphatic hydroxyl groups is 1. The maximum Gasteiger partial charge on any atom is 0.243 e. The molecule has 1 N–H and O–H groups in total. The van der Waals surface area contributed by atoms with Crippen LogP contribution in [-0.2, 0) is 10.0 Å². The molecule has 1 fully saturated rings. The van der Waals surface area contributed by atoms with E-state index in [4.69, 9.17) is 4.74 Å². The van der Waals surface area contributed by atoms with Gasteiger partial charge in [0.15, 0.2) is 0 Å². The molecule has 5 nitrogen and oxygen atoms in total. The van der Waals surface area contributed by atoms with Crippen molar-refractivity contribution in [2.24, 2.45) is 5.92 Å². The maximum atomic E-state index is 13.6. The number of sulfonamides is 1. The molecule has 0 amide bonds. The molecule has 1 aliphatic rings. The average Bonchev–Trinajstić information content (AvgIpc) is 2.92. The molecule has 6 heteroatoms. The van der Waals surface area contributed by atoms with Crippen molar-refractivity contribution in [3.63, 3.8) is 0 Å². The Bertz CT molecular complexity index is 1440. The van der Waals surface area contributed by atoms with Gasteiger partial charge in [-0.2, -0.15) is 4.31 Å². The van der Waals surface area contributed by atoms with Crippen LogP contribution in [0.4, 0.5) is 0 Å². The number of hydrogen-bond acceptors (Lipinski definition) is 4. The van der Waals surface area contributed by atoms with Crippen molar-refractivity contribution in [1.82, 2.24) is 4.31 Å². The van der Waals surface area contributed by atoms with Crippen LogP contribution in [0.5, 0.6) is 5.75 Å². The van der Waals surface area contributed by atoms with E-state index in [9.17, 15) is 13.5 Å². The van der Waals surface area contributed by atoms with E-state index in [2.05, 4.69) is 0 Å². The summed E-state index contributed by atoms with van der Waals surface area (Å²) in [6.07, 6.45) is -0.219. The number of aliphatic hydroxyl groups excluding tert-OH is 1. The second kappa shape index (κ2) is 10.1. The lowest BCUT2D eigenvalue weighted by Gasteiger charge is -2.40. The van der Waals surface area contributed by atoms with E-state index in [-0.39, 0.29) is 23.3 Å². The third-order valence-electron chi connectivity index (χ3n) is 7.37. The first-order valence-electron chi connectivity index (χ1n) is 12.2. The number of hydrogen-bond donors (Lipinski definition) is 1. The SMILES string of the molecule is COc1ccc([C@H]2CCN(S(=O)(=O)c3ccc(C)cc3)C[C@@H]2[C@@H](O)c2cccc3ccccc23)cc1. The molecule has 1 aliphatic heterocycles. The number of fused-ring (bicyclic) bond motifs is 1. The van der Waals surface area contributed by atoms with Crippen molar-refractivity contribution in [1.29, 1.82) is 0 Å². The van der Waals surface area contributed by atoms with Gasteiger partial charge in [-0.15, -0.1) is 0 Å². The van der Waals surface area contributed by atoms with E-state index < -0.39 is 16.1 Å². The first kappa shape index (κ1) is 24.5. The van der Waals surface area contributed by atoms with Gasteiger partial charge in [0.25, 0.3) is 0 Å². The van der Waals surface area contributed by atoms with Crippen LogP contribution in [0.25, 0.3) is 10.8 Å². The molecular formula is C30H31NO4S. The van der Waals surface area contributed by atoms with Crippen molar-refractivity contribution in [2.75, 3.05) is 20.2 Å². The predicted molar refractivity (Wildman–Crippen MR) is 143 cm³/mol. The van der Waals surface area contributed by atoms with Crippen LogP contribution in [0.15, 0.2) is 95.9 Å². The van der Waals surface area contributed by atoms with Gasteiger partial charge in [-0.3, -0.25) is 0 Å². The second-order valence-electron chi connectivity index (χ2n) is 9.52. The van der Waals surface area contributed by atoms with Crippen molar-refractivity contribution < 1.29 is 18.3 Å². The maximum absolute atomic E-state index is 13.6. The van der Waals surface area contributed by atoms with E-state index in [1.165, 1.54) is 4.31 Å². The van der Waals surface area contributed by atoms with Crippen molar-refractivity contribution >= 4 is 20.8 Å². The topological polar surface area (TPSA) is 66.8 Å². The molecule has 0 saturated carbocycles. The number of rotatable bonds is 6. The van der Waals surface area contributed by atoms with Crippen LogP contribution in [0, 0.1) is 12.8 Å². The molecule has 1 heterocycles. The van der Waals surface area contributed by atoms with Crippen LogP contribution < -0.4 is 4.74 Å². The first-order chi connectivity index (χ1) is 17.4. The summed E-state index contributed by atoms with van der Waals surface area (Å²) in [5.41, 5.74) is 2.91. The zero-order valence-electron chi connectivity index (χ0n) is 20.5. The summed E-state index contributed by atoms with van der Waals surface area (Å²) in [5.74, 6) is 0.441. The van der Waals surface area contributed by atoms with E-state index in [0.29, 0.717) is 13.0 Å². The lowest BCUT2D eigenvalue weighted by atomic mass is 9.76. The molecule has 4 aromatic rings. The number of methoxy groups -OCH3 is 1. The first-order valence-corrected chi connectivity index (χ1v) is 13.7. The Morgan fingerprint density at radius 3 is 2.33 bits per heavy atom. The van der Waals surface area contributed by atoms with Gasteiger partial charge in [-0.1, -0.05) is 72.3 Å². The Labute approximate surface area is 213 Å². The summed E-state index contributed by atoms with van der Waals surface area (Å²) in [4.78, 5) is 0.286. The summed E-state index contributed by atoms with van der Waals surface area (Å²) in [6.45, 7) is 2.57. The minimum absolute atomic E-state index is 0.00524. The number of piperidine rings is 1. The Morgan fingerprint density at radius 1 is 0.917 bits per heavy atom. The second-order valence-corrected chi connectivity index (χ2v) is 11.5. The Hall–Kier alpha value is -3.19. The van der Waals surface area contributed by atoms with Gasteiger partial charge in [-0.25, -0.2) is 8.42 Å². The van der Waals surface area contributed by atoms with Gasteiger partial charge in [0, 0.05) is 19.0 Å². The van der Waals surface area contributed by atoms with Gasteiger partial charge >= 0.3 is 0 Å². The molecule has 186 valence electrons. The van der Waals surface area contributed by atoms with E-state index in [0.717, 1.165) is 33.2 Å². The van der Waals surface area contributed by atoms with Gasteiger partial charge in [0.1, 0.15) is 5.75 Å². The van der Waals surface area contributed by atoms with E-state index in [1.807, 2.05) is 85.8 Å². The molecule has 0 unspecified atom stereocenters. The van der Waals surface area contributed by atoms with E-state index in [1.54, 1.807) is 19.2 Å². The van der Waals surface area contributed by atoms with Gasteiger partial charge in [-0.05, 0) is 65.4 Å². The quantitative estimate of drug-likeness (QED) is 0.369. The third-order valence-corrected chi connectivity index (χ3v) is 9.25. The zero-order valence-corrected chi connectivity index (χ0v) is 21.4. The minimum Gasteiger partial charge on any atom is -0.497 e. The number of nitrogens with zero attached hydrogens (tertiary/aromatic N) is 1. The predicted octanol–water partition coefficient (Wildman–Crippen LogP) is 5.68. The molecule has 1 saturated heterocycles. The highest BCUT2D eigenvalue weighted by atomic mass is 32.2. The molecule has 0 aliphatic carbocycles. The highest BCUT2D eigenvalue weighted by molar-refractivity contribution is 7.89. The fourth-order valence-corrected chi connectivity index (χ4v) is 6.84. The molecule has 3 atom stereocenters. The van der Waals surface area contributed by atoms with Crippen LogP contribution in [0.1, 0.15) is 35.1 Å². The van der Waals surface area contributed by atoms with Crippen LogP contribution in [-0.4, -0.2) is 38.0 Å². The van der Waals surface area contributed by atoms with Crippen molar-refractivity contribution in [3.05, 3.63) is 108 Å². The summed E-state index contributed by atoms with van der Waals surface area (Å²) in [5, 5.41) is 13.9. The molecule has 36 heavy (non-hydrogen) atoms. The molecule has 0 spiro atoms. The summed E-state index contributed by atoms with van der Waals surface area (Å²) in [6, 6.07) is 28.8. The fourth-order valence-electron chi connectivity index (χ4n) is 5.35. The average molecular weight is 502 g/mol. The largest absolute Gasteiger partial charge is 0.497 e. The summed E-state index contributed by atoms with van der Waals surface area (Å²) in [7, 11) is -2.05. The molecule has 4 aromatic carbocycles. The summed E-state index contributed by atoms with van der Waals surface area (Å²) < 4.78 is 34.0. The lowest BCUT2D eigenvalue weighted by Crippen LogP contribution is -2.45. The van der Waals surface area contributed by atoms with Gasteiger partial charge < -0.3 is 9.84 Å². The van der Waals surface area contributed by atoms with Gasteiger partial charge in [0.05, 0.1) is 18.1 Å². The van der Waals surface area contributed by atoms with Crippen molar-refractivity contribution in [3.8, 4) is 5.75 Å². The third kappa shape index (κ3) is 4.64. The number of aryl methyl sites for hydroxylation is 1. The zero-order chi connectivity index (χ0) is 25.3. The van der Waals surface area contributed by atoms with E-state index >= 15 is 0 Å². The monoisotopic (exact) mass is 501 g/mol. The Kier molecular flexibility index (Phi) is 6.84. The standard InChI is InChI=1S/C30H31NO4S/c1-21-10-16-25(17-11-21)36(33,34)31-19-18-27(23-12-14-24(35-2)15-13-23)29(20-31)30(32)28-9-5-7-22-6-3-4-8-26(22)28/h3-17,27,29-30,32H,18-20H2,1-2H3/t27-,29+,30+/m1/s1. The lowest BCUT2D eigenvalue weighted by molar-refractivity contribution is 0.0598. The molecular weight excluding hydrogens is 470 g/mol.